The smallest absolute Gasteiger partial charge is 0.219 e. The van der Waals surface area contributed by atoms with Crippen LogP contribution in [0.25, 0.3) is 0 Å². The largest absolute Gasteiger partial charge is 0.493 e. The molecule has 1 unspecified atom stereocenters. The first-order valence-electron chi connectivity index (χ1n) is 8.71. The summed E-state index contributed by atoms with van der Waals surface area (Å²) in [6.45, 7) is 9.55. The summed E-state index contributed by atoms with van der Waals surface area (Å²) in [4.78, 5) is 13.5. The van der Waals surface area contributed by atoms with E-state index in [2.05, 4.69) is 5.32 Å². The molecule has 2 N–H and O–H groups in total. The number of rotatable bonds is 6. The molecule has 1 aliphatic heterocycles. The number of amides is 1. The minimum absolute atomic E-state index is 0.0498. The van der Waals surface area contributed by atoms with Gasteiger partial charge >= 0.3 is 0 Å². The quantitative estimate of drug-likeness (QED) is 0.818. The molecule has 0 radical (unpaired) electrons. The fraction of sp³-hybridized carbons (Fsp3) is 0.632. The molecule has 0 bridgehead atoms. The monoisotopic (exact) mass is 350 g/mol. The van der Waals surface area contributed by atoms with Crippen molar-refractivity contribution in [1.29, 1.82) is 0 Å². The predicted molar refractivity (Wildman–Crippen MR) is 97.0 cm³/mol. The Balaban J connectivity index is 2.12. The van der Waals surface area contributed by atoms with E-state index in [1.54, 1.807) is 18.9 Å². The van der Waals surface area contributed by atoms with Gasteiger partial charge in [0.15, 0.2) is 11.5 Å². The highest BCUT2D eigenvalue weighted by atomic mass is 16.5. The molecule has 2 rings (SSSR count). The van der Waals surface area contributed by atoms with Crippen LogP contribution >= 0.6 is 0 Å². The Kier molecular flexibility index (Phi) is 6.30. The van der Waals surface area contributed by atoms with Crippen molar-refractivity contribution in [2.75, 3.05) is 26.8 Å². The standard InChI is InChI=1S/C19H30N2O4/c1-13(22)21-9-8-14-6-7-17(24-5)18(16(14)11-21)25-12-15(23)10-20-19(2,3)4/h6-7,15,20,23H,8-12H2,1-5H3. The number of ether oxygens (including phenoxy) is 2. The number of aliphatic hydroxyl groups excluding tert-OH is 1. The highest BCUT2D eigenvalue weighted by Gasteiger charge is 2.24. The lowest BCUT2D eigenvalue weighted by molar-refractivity contribution is -0.129. The number of nitrogens with zero attached hydrogens (tertiary/aromatic N) is 1. The van der Waals surface area contributed by atoms with E-state index in [-0.39, 0.29) is 18.1 Å². The van der Waals surface area contributed by atoms with E-state index in [0.717, 1.165) is 17.5 Å². The third-order valence-electron chi connectivity index (χ3n) is 4.27. The summed E-state index contributed by atoms with van der Waals surface area (Å²) in [7, 11) is 1.59. The van der Waals surface area contributed by atoms with Gasteiger partial charge in [0.25, 0.3) is 0 Å². The lowest BCUT2D eigenvalue weighted by atomic mass is 9.98. The summed E-state index contributed by atoms with van der Waals surface area (Å²) in [5.74, 6) is 1.30. The summed E-state index contributed by atoms with van der Waals surface area (Å²) < 4.78 is 11.4. The van der Waals surface area contributed by atoms with Crippen molar-refractivity contribution in [1.82, 2.24) is 10.2 Å². The van der Waals surface area contributed by atoms with Gasteiger partial charge in [-0.15, -0.1) is 0 Å². The summed E-state index contributed by atoms with van der Waals surface area (Å²) >= 11 is 0. The second-order valence-corrected chi connectivity index (χ2v) is 7.52. The lowest BCUT2D eigenvalue weighted by Gasteiger charge is -2.30. The van der Waals surface area contributed by atoms with Crippen LogP contribution in [-0.2, 0) is 17.8 Å². The molecular weight excluding hydrogens is 320 g/mol. The maximum Gasteiger partial charge on any atom is 0.219 e. The maximum atomic E-state index is 11.7. The van der Waals surface area contributed by atoms with Crippen molar-refractivity contribution in [2.45, 2.75) is 52.3 Å². The number of benzene rings is 1. The van der Waals surface area contributed by atoms with Gasteiger partial charge in [-0.1, -0.05) is 6.07 Å². The van der Waals surface area contributed by atoms with Gasteiger partial charge in [-0.05, 0) is 38.8 Å². The Labute approximate surface area is 150 Å². The van der Waals surface area contributed by atoms with Crippen LogP contribution < -0.4 is 14.8 Å². The van der Waals surface area contributed by atoms with E-state index in [1.807, 2.05) is 32.9 Å². The first-order chi connectivity index (χ1) is 11.7. The molecule has 1 amide bonds. The van der Waals surface area contributed by atoms with E-state index < -0.39 is 6.10 Å². The second-order valence-electron chi connectivity index (χ2n) is 7.52. The van der Waals surface area contributed by atoms with E-state index in [4.69, 9.17) is 9.47 Å². The van der Waals surface area contributed by atoms with Crippen molar-refractivity contribution in [3.63, 3.8) is 0 Å². The summed E-state index contributed by atoms with van der Waals surface area (Å²) in [6.07, 6.45) is 0.163. The molecule has 0 saturated carbocycles. The van der Waals surface area contributed by atoms with Crippen LogP contribution in [0.3, 0.4) is 0 Å². The van der Waals surface area contributed by atoms with Gasteiger partial charge in [-0.25, -0.2) is 0 Å². The SMILES string of the molecule is COc1ccc2c(c1OCC(O)CNC(C)(C)C)CN(C(C)=O)CC2. The normalized spacial score (nSPS) is 15.5. The van der Waals surface area contributed by atoms with Crippen LogP contribution in [0.5, 0.6) is 11.5 Å². The Morgan fingerprint density at radius 3 is 2.72 bits per heavy atom. The van der Waals surface area contributed by atoms with Crippen LogP contribution in [0.4, 0.5) is 0 Å². The van der Waals surface area contributed by atoms with Crippen LogP contribution in [0.1, 0.15) is 38.8 Å². The fourth-order valence-corrected chi connectivity index (χ4v) is 2.83. The Bertz CT molecular complexity index is 610. The summed E-state index contributed by atoms with van der Waals surface area (Å²) in [5.41, 5.74) is 2.07. The van der Waals surface area contributed by atoms with Crippen LogP contribution in [0, 0.1) is 0 Å². The van der Waals surface area contributed by atoms with Gasteiger partial charge in [0.05, 0.1) is 7.11 Å². The van der Waals surface area contributed by atoms with E-state index >= 15 is 0 Å². The molecule has 25 heavy (non-hydrogen) atoms. The molecule has 6 heteroatoms. The number of hydrogen-bond acceptors (Lipinski definition) is 5. The molecule has 0 aromatic heterocycles. The highest BCUT2D eigenvalue weighted by molar-refractivity contribution is 5.74. The highest BCUT2D eigenvalue weighted by Crippen LogP contribution is 2.36. The first-order valence-corrected chi connectivity index (χ1v) is 8.71. The average molecular weight is 350 g/mol. The Morgan fingerprint density at radius 1 is 1.40 bits per heavy atom. The van der Waals surface area contributed by atoms with Crippen LogP contribution in [0.15, 0.2) is 12.1 Å². The third kappa shape index (κ3) is 5.34. The fourth-order valence-electron chi connectivity index (χ4n) is 2.83. The first kappa shape index (κ1) is 19.5. The molecule has 1 atom stereocenters. The van der Waals surface area contributed by atoms with E-state index in [0.29, 0.717) is 31.1 Å². The third-order valence-corrected chi connectivity index (χ3v) is 4.27. The van der Waals surface area contributed by atoms with Gasteiger partial charge in [-0.2, -0.15) is 0 Å². The topological polar surface area (TPSA) is 71.0 Å². The van der Waals surface area contributed by atoms with Gasteiger partial charge in [0, 0.05) is 37.7 Å². The molecule has 1 aromatic rings. The van der Waals surface area contributed by atoms with Crippen molar-refractivity contribution in [3.05, 3.63) is 23.3 Å². The van der Waals surface area contributed by atoms with Crippen LogP contribution in [-0.4, -0.2) is 54.4 Å². The Morgan fingerprint density at radius 2 is 2.12 bits per heavy atom. The summed E-state index contributed by atoms with van der Waals surface area (Å²) in [6, 6.07) is 3.91. The zero-order chi connectivity index (χ0) is 18.6. The number of hydrogen-bond donors (Lipinski definition) is 2. The number of aliphatic hydroxyl groups is 1. The van der Waals surface area contributed by atoms with Gasteiger partial charge < -0.3 is 24.8 Å². The Hall–Kier alpha value is -1.79. The van der Waals surface area contributed by atoms with Gasteiger partial charge in [0.2, 0.25) is 5.91 Å². The predicted octanol–water partition coefficient (Wildman–Crippen LogP) is 1.73. The lowest BCUT2D eigenvalue weighted by Crippen LogP contribution is -2.42. The number of methoxy groups -OCH3 is 1. The molecule has 0 aliphatic carbocycles. The molecule has 1 heterocycles. The minimum atomic E-state index is -0.632. The molecule has 0 saturated heterocycles. The van der Waals surface area contributed by atoms with Crippen molar-refractivity contribution >= 4 is 5.91 Å². The van der Waals surface area contributed by atoms with Crippen molar-refractivity contribution in [2.24, 2.45) is 0 Å². The second kappa shape index (κ2) is 8.06. The van der Waals surface area contributed by atoms with E-state index in [1.165, 1.54) is 0 Å². The van der Waals surface area contributed by atoms with Gasteiger partial charge in [-0.3, -0.25) is 4.79 Å². The molecule has 140 valence electrons. The van der Waals surface area contributed by atoms with Gasteiger partial charge in [0.1, 0.15) is 12.7 Å². The molecule has 1 aliphatic rings. The molecule has 0 spiro atoms. The maximum absolute atomic E-state index is 11.7. The summed E-state index contributed by atoms with van der Waals surface area (Å²) in [5, 5.41) is 13.4. The number of β-amino-alcohol motifs (C(OH)–C–C–N with tert-alkyl or cyclic N) is 1. The minimum Gasteiger partial charge on any atom is -0.493 e. The molecular formula is C19H30N2O4. The average Bonchev–Trinajstić information content (AvgIpc) is 2.56. The number of carbonyl (C=O) groups excluding carboxylic acids is 1. The van der Waals surface area contributed by atoms with Crippen molar-refractivity contribution < 1.29 is 19.4 Å². The molecule has 6 nitrogen and oxygen atoms in total. The molecule has 1 aromatic carbocycles. The van der Waals surface area contributed by atoms with Crippen LogP contribution in [0.2, 0.25) is 0 Å². The number of carbonyl (C=O) groups is 1. The molecule has 0 fully saturated rings. The zero-order valence-corrected chi connectivity index (χ0v) is 15.9. The van der Waals surface area contributed by atoms with E-state index in [9.17, 15) is 9.90 Å². The zero-order valence-electron chi connectivity index (χ0n) is 15.9. The number of fused-ring (bicyclic) bond motifs is 1. The van der Waals surface area contributed by atoms with Crippen molar-refractivity contribution in [3.8, 4) is 11.5 Å². The number of nitrogens with one attached hydrogen (secondary N) is 1.